The van der Waals surface area contributed by atoms with Crippen molar-refractivity contribution in [3.8, 4) is 0 Å². The molecule has 1 aliphatic carbocycles. The number of piperidine rings is 1. The minimum atomic E-state index is 0.271. The van der Waals surface area contributed by atoms with Crippen molar-refractivity contribution in [2.45, 2.75) is 76.8 Å². The Hall–Kier alpha value is -1.69. The molecule has 1 atom stereocenters. The Morgan fingerprint density at radius 1 is 1.04 bits per heavy atom. The van der Waals surface area contributed by atoms with Crippen molar-refractivity contribution < 1.29 is 4.79 Å². The predicted octanol–water partition coefficient (Wildman–Crippen LogP) is 3.13. The fourth-order valence-electron chi connectivity index (χ4n) is 5.04. The van der Waals surface area contributed by atoms with E-state index in [2.05, 4.69) is 26.2 Å². The molecule has 1 aromatic heterocycles. The second-order valence-electron chi connectivity index (χ2n) is 8.72. The summed E-state index contributed by atoms with van der Waals surface area (Å²) in [6.07, 6.45) is 13.8. The van der Waals surface area contributed by atoms with Gasteiger partial charge in [0.15, 0.2) is 0 Å². The molecule has 1 N–H and O–H groups in total. The normalized spacial score (nSPS) is 24.0. The van der Waals surface area contributed by atoms with Crippen LogP contribution >= 0.6 is 0 Å². The highest BCUT2D eigenvalue weighted by Gasteiger charge is 2.25. The minimum Gasteiger partial charge on any atom is -0.356 e. The van der Waals surface area contributed by atoms with Gasteiger partial charge in [-0.1, -0.05) is 19.3 Å². The smallest absolute Gasteiger partial charge is 0.225 e. The van der Waals surface area contributed by atoms with E-state index in [1.165, 1.54) is 44.9 Å². The average molecular weight is 386 g/mol. The molecule has 0 radical (unpaired) electrons. The third-order valence-corrected chi connectivity index (χ3v) is 6.71. The van der Waals surface area contributed by atoms with Crippen LogP contribution in [0.1, 0.15) is 69.9 Å². The second kappa shape index (κ2) is 9.68. The van der Waals surface area contributed by atoms with Gasteiger partial charge < -0.3 is 10.2 Å². The molecule has 2 aliphatic heterocycles. The van der Waals surface area contributed by atoms with Gasteiger partial charge in [-0.2, -0.15) is 0 Å². The highest BCUT2D eigenvalue weighted by atomic mass is 16.1. The minimum absolute atomic E-state index is 0.271. The first-order chi connectivity index (χ1) is 13.8. The van der Waals surface area contributed by atoms with Crippen molar-refractivity contribution >= 4 is 11.9 Å². The molecule has 28 heavy (non-hydrogen) atoms. The maximum absolute atomic E-state index is 12.3. The lowest BCUT2D eigenvalue weighted by atomic mass is 9.98. The first kappa shape index (κ1) is 19.6. The number of rotatable bonds is 7. The Balaban J connectivity index is 1.29. The van der Waals surface area contributed by atoms with Crippen molar-refractivity contribution in [1.82, 2.24) is 20.2 Å². The van der Waals surface area contributed by atoms with Gasteiger partial charge in [0.1, 0.15) is 0 Å². The summed E-state index contributed by atoms with van der Waals surface area (Å²) in [6.45, 7) is 4.99. The first-order valence-electron chi connectivity index (χ1n) is 11.4. The Labute approximate surface area is 169 Å². The highest BCUT2D eigenvalue weighted by molar-refractivity contribution is 5.78. The van der Waals surface area contributed by atoms with Crippen molar-refractivity contribution in [2.24, 2.45) is 5.92 Å². The SMILES string of the molecule is O=C(NCCC1CCCCN1Cc1ccnc(N2CCCC2)n1)C1CCCC1. The molecule has 1 amide bonds. The van der Waals surface area contributed by atoms with E-state index in [-0.39, 0.29) is 11.8 Å². The van der Waals surface area contributed by atoms with Gasteiger partial charge in [-0.3, -0.25) is 9.69 Å². The molecule has 4 rings (SSSR count). The van der Waals surface area contributed by atoms with Gasteiger partial charge in [-0.15, -0.1) is 0 Å². The fraction of sp³-hybridized carbons (Fsp3) is 0.773. The zero-order valence-electron chi connectivity index (χ0n) is 17.1. The van der Waals surface area contributed by atoms with Crippen molar-refractivity contribution in [1.29, 1.82) is 0 Å². The zero-order chi connectivity index (χ0) is 19.2. The van der Waals surface area contributed by atoms with Gasteiger partial charge in [0, 0.05) is 44.3 Å². The summed E-state index contributed by atoms with van der Waals surface area (Å²) in [5, 5.41) is 3.20. The van der Waals surface area contributed by atoms with Crippen molar-refractivity contribution in [3.05, 3.63) is 18.0 Å². The van der Waals surface area contributed by atoms with Crippen molar-refractivity contribution in [3.63, 3.8) is 0 Å². The van der Waals surface area contributed by atoms with E-state index in [1.807, 2.05) is 6.20 Å². The Bertz CT molecular complexity index is 640. The summed E-state index contributed by atoms with van der Waals surface area (Å²) in [4.78, 5) is 26.5. The summed E-state index contributed by atoms with van der Waals surface area (Å²) < 4.78 is 0. The summed E-state index contributed by atoms with van der Waals surface area (Å²) in [5.41, 5.74) is 1.12. The van der Waals surface area contributed by atoms with Crippen LogP contribution in [-0.2, 0) is 11.3 Å². The van der Waals surface area contributed by atoms with Gasteiger partial charge >= 0.3 is 0 Å². The van der Waals surface area contributed by atoms with Crippen LogP contribution in [0.5, 0.6) is 0 Å². The van der Waals surface area contributed by atoms with E-state index >= 15 is 0 Å². The number of amides is 1. The van der Waals surface area contributed by atoms with Gasteiger partial charge in [0.2, 0.25) is 11.9 Å². The molecule has 1 saturated carbocycles. The Morgan fingerprint density at radius 3 is 2.61 bits per heavy atom. The maximum atomic E-state index is 12.3. The molecule has 1 aromatic rings. The summed E-state index contributed by atoms with van der Waals surface area (Å²) in [6, 6.07) is 2.61. The molecule has 0 bridgehead atoms. The number of hydrogen-bond acceptors (Lipinski definition) is 5. The number of anilines is 1. The molecule has 0 spiro atoms. The molecule has 6 heteroatoms. The third kappa shape index (κ3) is 5.02. The molecule has 154 valence electrons. The summed E-state index contributed by atoms with van der Waals surface area (Å²) in [5.74, 6) is 1.45. The third-order valence-electron chi connectivity index (χ3n) is 6.71. The monoisotopic (exact) mass is 385 g/mol. The molecule has 1 unspecified atom stereocenters. The molecule has 6 nitrogen and oxygen atoms in total. The van der Waals surface area contributed by atoms with Crippen LogP contribution in [0.3, 0.4) is 0 Å². The van der Waals surface area contributed by atoms with Crippen LogP contribution in [0.2, 0.25) is 0 Å². The lowest BCUT2D eigenvalue weighted by molar-refractivity contribution is -0.124. The summed E-state index contributed by atoms with van der Waals surface area (Å²) in [7, 11) is 0. The fourth-order valence-corrected chi connectivity index (χ4v) is 5.04. The molecule has 0 aromatic carbocycles. The van der Waals surface area contributed by atoms with Crippen LogP contribution in [0.25, 0.3) is 0 Å². The standard InChI is InChI=1S/C22H35N5O/c28-21(18-7-1-2-8-18)23-13-11-20-9-3-4-16-27(20)17-19-10-12-24-22(25-19)26-14-5-6-15-26/h10,12,18,20H,1-9,11,13-17H2,(H,23,28). The number of likely N-dealkylation sites (tertiary alicyclic amines) is 1. The maximum Gasteiger partial charge on any atom is 0.225 e. The number of aromatic nitrogens is 2. The molecular formula is C22H35N5O. The van der Waals surface area contributed by atoms with Crippen molar-refractivity contribution in [2.75, 3.05) is 31.1 Å². The average Bonchev–Trinajstić information content (AvgIpc) is 3.44. The number of hydrogen-bond donors (Lipinski definition) is 1. The van der Waals surface area contributed by atoms with Gasteiger partial charge in [-0.25, -0.2) is 9.97 Å². The van der Waals surface area contributed by atoms with Gasteiger partial charge in [-0.05, 0) is 57.6 Å². The molecule has 3 aliphatic rings. The molecule has 2 saturated heterocycles. The highest BCUT2D eigenvalue weighted by Crippen LogP contribution is 2.25. The number of nitrogens with zero attached hydrogens (tertiary/aromatic N) is 4. The van der Waals surface area contributed by atoms with E-state index < -0.39 is 0 Å². The van der Waals surface area contributed by atoms with Crippen LogP contribution in [-0.4, -0.2) is 53.0 Å². The predicted molar refractivity (Wildman–Crippen MR) is 111 cm³/mol. The molecule has 3 heterocycles. The Kier molecular flexibility index (Phi) is 6.78. The zero-order valence-corrected chi connectivity index (χ0v) is 17.1. The van der Waals surface area contributed by atoms with E-state index in [0.29, 0.717) is 6.04 Å². The number of carbonyl (C=O) groups excluding carboxylic acids is 1. The summed E-state index contributed by atoms with van der Waals surface area (Å²) >= 11 is 0. The van der Waals surface area contributed by atoms with E-state index in [1.54, 1.807) is 0 Å². The Morgan fingerprint density at radius 2 is 1.79 bits per heavy atom. The van der Waals surface area contributed by atoms with Gasteiger partial charge in [0.05, 0.1) is 5.69 Å². The van der Waals surface area contributed by atoms with Crippen LogP contribution < -0.4 is 10.2 Å². The second-order valence-corrected chi connectivity index (χ2v) is 8.72. The van der Waals surface area contributed by atoms with Gasteiger partial charge in [0.25, 0.3) is 0 Å². The first-order valence-corrected chi connectivity index (χ1v) is 11.4. The van der Waals surface area contributed by atoms with Crippen LogP contribution in [0.4, 0.5) is 5.95 Å². The molecular weight excluding hydrogens is 350 g/mol. The van der Waals surface area contributed by atoms with Crippen LogP contribution in [0, 0.1) is 5.92 Å². The van der Waals surface area contributed by atoms with E-state index in [0.717, 1.165) is 63.6 Å². The van der Waals surface area contributed by atoms with E-state index in [4.69, 9.17) is 4.98 Å². The largest absolute Gasteiger partial charge is 0.356 e. The van der Waals surface area contributed by atoms with E-state index in [9.17, 15) is 4.79 Å². The molecule has 3 fully saturated rings. The number of nitrogens with one attached hydrogen (secondary N) is 1. The van der Waals surface area contributed by atoms with Crippen LogP contribution in [0.15, 0.2) is 12.3 Å². The number of carbonyl (C=O) groups is 1. The lowest BCUT2D eigenvalue weighted by Crippen LogP contribution is -2.42. The topological polar surface area (TPSA) is 61.4 Å². The lowest BCUT2D eigenvalue weighted by Gasteiger charge is -2.35. The quantitative estimate of drug-likeness (QED) is 0.781.